The first-order valence-corrected chi connectivity index (χ1v) is 9.88. The van der Waals surface area contributed by atoms with Crippen molar-refractivity contribution in [3.63, 3.8) is 0 Å². The van der Waals surface area contributed by atoms with Gasteiger partial charge in [-0.1, -0.05) is 36.4 Å². The molecule has 0 fully saturated rings. The fourth-order valence-electron chi connectivity index (χ4n) is 3.27. The monoisotopic (exact) mass is 365 g/mol. The number of fused-ring (bicyclic) bond motifs is 1. The third kappa shape index (κ3) is 3.10. The second-order valence-electron chi connectivity index (χ2n) is 6.36. The van der Waals surface area contributed by atoms with Gasteiger partial charge in [0.15, 0.2) is 5.76 Å². The number of aryl methyl sites for hydroxylation is 1. The first-order chi connectivity index (χ1) is 12.6. The zero-order chi connectivity index (χ0) is 18.1. The average Bonchev–Trinajstić information content (AvgIpc) is 3.28. The Labute approximate surface area is 154 Å². The Hall–Kier alpha value is -2.66. The molecule has 1 aliphatic heterocycles. The van der Waals surface area contributed by atoms with Crippen molar-refractivity contribution in [2.24, 2.45) is 0 Å². The topological polar surface area (TPSA) is 50.5 Å². The van der Waals surface area contributed by atoms with Crippen molar-refractivity contribution in [2.75, 3.05) is 11.4 Å². The van der Waals surface area contributed by atoms with Gasteiger partial charge in [-0.3, -0.25) is 9.00 Å². The molecule has 0 bridgehead atoms. The van der Waals surface area contributed by atoms with E-state index in [2.05, 4.69) is 0 Å². The van der Waals surface area contributed by atoms with Gasteiger partial charge in [0.05, 0.1) is 16.6 Å². The fraction of sp³-hybridized carbons (Fsp3) is 0.190. The second-order valence-corrected chi connectivity index (χ2v) is 7.78. The summed E-state index contributed by atoms with van der Waals surface area (Å²) >= 11 is 0. The SMILES string of the molecule is Cc1ccccc1[S@](=O)Cc1ccc(C(=O)N2CCc3ccccc32)o1. The van der Waals surface area contributed by atoms with E-state index >= 15 is 0 Å². The van der Waals surface area contributed by atoms with Gasteiger partial charge in [0, 0.05) is 17.1 Å². The van der Waals surface area contributed by atoms with Crippen LogP contribution in [0.15, 0.2) is 70.0 Å². The summed E-state index contributed by atoms with van der Waals surface area (Å²) in [7, 11) is -1.20. The Morgan fingerprint density at radius 2 is 1.85 bits per heavy atom. The van der Waals surface area contributed by atoms with E-state index in [-0.39, 0.29) is 11.7 Å². The number of amides is 1. The van der Waals surface area contributed by atoms with Gasteiger partial charge in [0.2, 0.25) is 0 Å². The van der Waals surface area contributed by atoms with Crippen molar-refractivity contribution >= 4 is 22.4 Å². The number of benzene rings is 2. The van der Waals surface area contributed by atoms with Gasteiger partial charge >= 0.3 is 0 Å². The summed E-state index contributed by atoms with van der Waals surface area (Å²) in [4.78, 5) is 15.3. The van der Waals surface area contributed by atoms with Crippen LogP contribution in [0.3, 0.4) is 0 Å². The molecule has 3 aromatic rings. The number of para-hydroxylation sites is 1. The third-order valence-corrected chi connectivity index (χ3v) is 6.11. The van der Waals surface area contributed by atoms with Gasteiger partial charge in [-0.25, -0.2) is 0 Å². The van der Waals surface area contributed by atoms with E-state index in [1.54, 1.807) is 17.0 Å². The molecule has 26 heavy (non-hydrogen) atoms. The van der Waals surface area contributed by atoms with E-state index in [4.69, 9.17) is 4.42 Å². The maximum Gasteiger partial charge on any atom is 0.293 e. The molecule has 0 spiro atoms. The van der Waals surface area contributed by atoms with Gasteiger partial charge in [-0.15, -0.1) is 0 Å². The number of nitrogens with zero attached hydrogens (tertiary/aromatic N) is 1. The molecule has 0 saturated carbocycles. The van der Waals surface area contributed by atoms with Gasteiger partial charge in [-0.05, 0) is 48.7 Å². The fourth-order valence-corrected chi connectivity index (χ4v) is 4.50. The molecule has 1 amide bonds. The smallest absolute Gasteiger partial charge is 0.293 e. The minimum absolute atomic E-state index is 0.150. The maximum atomic E-state index is 12.8. The number of anilines is 1. The standard InChI is InChI=1S/C21H19NO3S/c1-15-6-2-5-9-20(15)26(24)14-17-10-11-19(25-17)21(23)22-13-12-16-7-3-4-8-18(16)22/h2-11H,12-14H2,1H3/t26-/m1/s1. The van der Waals surface area contributed by atoms with E-state index in [0.717, 1.165) is 22.6 Å². The van der Waals surface area contributed by atoms with Crippen LogP contribution in [-0.4, -0.2) is 16.7 Å². The van der Waals surface area contributed by atoms with Crippen LogP contribution in [0, 0.1) is 6.92 Å². The Balaban J connectivity index is 1.51. The van der Waals surface area contributed by atoms with Crippen molar-refractivity contribution in [3.8, 4) is 0 Å². The quantitative estimate of drug-likeness (QED) is 0.699. The summed E-state index contributed by atoms with van der Waals surface area (Å²) in [5.41, 5.74) is 3.11. The molecule has 0 unspecified atom stereocenters. The van der Waals surface area contributed by atoms with Crippen LogP contribution in [0.4, 0.5) is 5.69 Å². The molecular formula is C21H19NO3S. The largest absolute Gasteiger partial charge is 0.455 e. The molecule has 0 radical (unpaired) electrons. The molecule has 2 heterocycles. The lowest BCUT2D eigenvalue weighted by molar-refractivity contribution is 0.0961. The molecule has 4 rings (SSSR count). The predicted octanol–water partition coefficient (Wildman–Crippen LogP) is 4.10. The average molecular weight is 365 g/mol. The van der Waals surface area contributed by atoms with E-state index in [9.17, 15) is 9.00 Å². The van der Waals surface area contributed by atoms with Crippen LogP contribution in [0.5, 0.6) is 0 Å². The van der Waals surface area contributed by atoms with Crippen molar-refractivity contribution in [3.05, 3.63) is 83.3 Å². The Morgan fingerprint density at radius 1 is 1.08 bits per heavy atom. The lowest BCUT2D eigenvalue weighted by Gasteiger charge is -2.15. The van der Waals surface area contributed by atoms with Crippen LogP contribution in [-0.2, 0) is 23.0 Å². The first kappa shape index (κ1) is 16.8. The Kier molecular flexibility index (Phi) is 4.47. The number of carbonyl (C=O) groups is 1. The van der Waals surface area contributed by atoms with E-state index in [0.29, 0.717) is 18.1 Å². The van der Waals surface area contributed by atoms with Crippen molar-refractivity contribution in [1.29, 1.82) is 0 Å². The van der Waals surface area contributed by atoms with Gasteiger partial charge in [0.25, 0.3) is 5.91 Å². The minimum atomic E-state index is -1.20. The maximum absolute atomic E-state index is 12.8. The second kappa shape index (κ2) is 6.92. The highest BCUT2D eigenvalue weighted by atomic mass is 32.2. The zero-order valence-electron chi connectivity index (χ0n) is 14.5. The summed E-state index contributed by atoms with van der Waals surface area (Å²) < 4.78 is 18.3. The number of rotatable bonds is 4. The number of hydrogen-bond donors (Lipinski definition) is 0. The molecule has 1 aliphatic rings. The van der Waals surface area contributed by atoms with E-state index in [1.807, 2.05) is 55.5 Å². The highest BCUT2D eigenvalue weighted by Crippen LogP contribution is 2.29. The van der Waals surface area contributed by atoms with Gasteiger partial charge in [0.1, 0.15) is 5.76 Å². The minimum Gasteiger partial charge on any atom is -0.455 e. The van der Waals surface area contributed by atoms with E-state index < -0.39 is 10.8 Å². The molecule has 1 aromatic heterocycles. The molecule has 2 aromatic carbocycles. The van der Waals surface area contributed by atoms with Crippen LogP contribution in [0.2, 0.25) is 0 Å². The van der Waals surface area contributed by atoms with Crippen molar-refractivity contribution < 1.29 is 13.4 Å². The lowest BCUT2D eigenvalue weighted by atomic mass is 10.2. The summed E-state index contributed by atoms with van der Waals surface area (Å²) in [6.45, 7) is 2.60. The predicted molar refractivity (Wildman–Crippen MR) is 102 cm³/mol. The highest BCUT2D eigenvalue weighted by Gasteiger charge is 2.27. The summed E-state index contributed by atoms with van der Waals surface area (Å²) in [5.74, 6) is 0.957. The molecule has 132 valence electrons. The van der Waals surface area contributed by atoms with Crippen LogP contribution in [0.1, 0.15) is 27.4 Å². The van der Waals surface area contributed by atoms with E-state index in [1.165, 1.54) is 5.56 Å². The zero-order valence-corrected chi connectivity index (χ0v) is 15.3. The molecule has 1 atom stereocenters. The molecule has 4 nitrogen and oxygen atoms in total. The van der Waals surface area contributed by atoms with Crippen LogP contribution >= 0.6 is 0 Å². The molecule has 5 heteroatoms. The number of carbonyl (C=O) groups excluding carboxylic acids is 1. The Morgan fingerprint density at radius 3 is 2.69 bits per heavy atom. The lowest BCUT2D eigenvalue weighted by Crippen LogP contribution is -2.28. The molecular weight excluding hydrogens is 346 g/mol. The van der Waals surface area contributed by atoms with Gasteiger partial charge in [-0.2, -0.15) is 0 Å². The number of hydrogen-bond acceptors (Lipinski definition) is 3. The third-order valence-electron chi connectivity index (χ3n) is 4.62. The molecule has 0 saturated heterocycles. The van der Waals surface area contributed by atoms with Gasteiger partial charge < -0.3 is 9.32 Å². The van der Waals surface area contributed by atoms with Crippen molar-refractivity contribution in [2.45, 2.75) is 24.0 Å². The highest BCUT2D eigenvalue weighted by molar-refractivity contribution is 7.84. The summed E-state index contributed by atoms with van der Waals surface area (Å²) in [6, 6.07) is 18.9. The molecule has 0 N–H and O–H groups in total. The normalized spacial score (nSPS) is 14.3. The number of furan rings is 1. The summed E-state index contributed by atoms with van der Waals surface area (Å²) in [6.07, 6.45) is 0.854. The molecule has 0 aliphatic carbocycles. The summed E-state index contributed by atoms with van der Waals surface area (Å²) in [5, 5.41) is 0. The van der Waals surface area contributed by atoms with Crippen LogP contribution in [0.25, 0.3) is 0 Å². The Bertz CT molecular complexity index is 992. The van der Waals surface area contributed by atoms with Crippen molar-refractivity contribution in [1.82, 2.24) is 0 Å². The first-order valence-electron chi connectivity index (χ1n) is 8.56. The van der Waals surface area contributed by atoms with Crippen LogP contribution < -0.4 is 4.90 Å².